The van der Waals surface area contributed by atoms with Gasteiger partial charge in [-0.15, -0.1) is 0 Å². The molecule has 0 aromatic heterocycles. The predicted molar refractivity (Wildman–Crippen MR) is 230 cm³/mol. The Balaban J connectivity index is 0.886. The Kier molecular flexibility index (Phi) is 12.6. The lowest BCUT2D eigenvalue weighted by Gasteiger charge is -2.63. The minimum Gasteiger partial charge on any atom is -0.394 e. The highest BCUT2D eigenvalue weighted by Gasteiger charge is 2.84. The number of aliphatic hydroxyl groups excluding tert-OH is 11. The lowest BCUT2D eigenvalue weighted by Crippen LogP contribution is -2.67. The molecule has 0 amide bonds. The molecule has 0 bridgehead atoms. The Morgan fingerprint density at radius 1 is 0.544 bits per heavy atom. The number of hydrogen-bond donors (Lipinski definition) is 12. The number of rotatable bonds is 9. The number of fused-ring (bicyclic) bond motifs is 5. The van der Waals surface area contributed by atoms with Gasteiger partial charge in [0.2, 0.25) is 5.79 Å². The highest BCUT2D eigenvalue weighted by Crippen LogP contribution is 2.89. The van der Waals surface area contributed by atoms with E-state index in [4.69, 9.17) is 37.9 Å². The third kappa shape index (κ3) is 6.84. The van der Waals surface area contributed by atoms with Gasteiger partial charge in [-0.1, -0.05) is 34.6 Å². The number of hydrogen-bond acceptors (Lipinski definition) is 20. The Hall–Kier alpha value is -0.800. The van der Waals surface area contributed by atoms with Crippen molar-refractivity contribution >= 4 is 0 Å². The molecule has 10 aliphatic rings. The van der Waals surface area contributed by atoms with E-state index in [-0.39, 0.29) is 45.5 Å². The van der Waals surface area contributed by atoms with Crippen LogP contribution in [0.25, 0.3) is 0 Å². The Labute approximate surface area is 396 Å². The van der Waals surface area contributed by atoms with Gasteiger partial charge in [-0.2, -0.15) is 0 Å². The van der Waals surface area contributed by atoms with E-state index in [1.54, 1.807) is 13.8 Å². The summed E-state index contributed by atoms with van der Waals surface area (Å²) in [6, 6.07) is 0. The molecule has 20 nitrogen and oxygen atoms in total. The van der Waals surface area contributed by atoms with Crippen molar-refractivity contribution < 1.29 is 99.2 Å². The molecule has 0 radical (unpaired) electrons. The molecule has 5 aliphatic carbocycles. The van der Waals surface area contributed by atoms with Gasteiger partial charge in [0.15, 0.2) is 18.9 Å². The van der Waals surface area contributed by atoms with Gasteiger partial charge in [-0.25, -0.2) is 0 Å². The van der Waals surface area contributed by atoms with Crippen LogP contribution in [-0.2, 0) is 37.9 Å². The van der Waals surface area contributed by atoms with Gasteiger partial charge in [-0.3, -0.25) is 0 Å². The Morgan fingerprint density at radius 3 is 1.65 bits per heavy atom. The van der Waals surface area contributed by atoms with Crippen molar-refractivity contribution in [3.8, 4) is 0 Å². The van der Waals surface area contributed by atoms with E-state index in [1.165, 1.54) is 0 Å². The molecule has 10 rings (SSSR count). The highest BCUT2D eigenvalue weighted by atomic mass is 16.8. The normalized spacial score (nSPS) is 60.0. The van der Waals surface area contributed by atoms with Crippen LogP contribution in [0.3, 0.4) is 0 Å². The summed E-state index contributed by atoms with van der Waals surface area (Å²) in [5.74, 6) is -1.04. The first-order valence-electron chi connectivity index (χ1n) is 25.1. The summed E-state index contributed by atoms with van der Waals surface area (Å²) in [6.07, 6.45) is -20.3. The van der Waals surface area contributed by atoms with Crippen LogP contribution in [0.4, 0.5) is 0 Å². The average molecular weight is 975 g/mol. The molecule has 0 aromatic rings. The molecule has 68 heavy (non-hydrogen) atoms. The first kappa shape index (κ1) is 50.7. The van der Waals surface area contributed by atoms with Crippen molar-refractivity contribution in [1.82, 2.24) is 0 Å². The minimum atomic E-state index is -1.91. The second-order valence-corrected chi connectivity index (χ2v) is 24.3. The van der Waals surface area contributed by atoms with E-state index in [0.29, 0.717) is 12.3 Å². The van der Waals surface area contributed by atoms with E-state index in [2.05, 4.69) is 34.6 Å². The summed E-state index contributed by atoms with van der Waals surface area (Å²) < 4.78 is 49.8. The molecule has 20 heteroatoms. The topological polar surface area (TPSA) is 317 Å². The second-order valence-electron chi connectivity index (χ2n) is 24.3. The molecule has 0 unspecified atom stereocenters. The lowest BCUT2D eigenvalue weighted by atomic mass is 9.41. The van der Waals surface area contributed by atoms with Crippen LogP contribution in [0.15, 0.2) is 0 Å². The van der Waals surface area contributed by atoms with Gasteiger partial charge in [0.25, 0.3) is 0 Å². The summed E-state index contributed by atoms with van der Waals surface area (Å²) in [7, 11) is 0. The molecule has 0 aromatic carbocycles. The molecule has 5 saturated heterocycles. The number of ether oxygens (including phenoxy) is 8. The first-order chi connectivity index (χ1) is 31.8. The van der Waals surface area contributed by atoms with Gasteiger partial charge >= 0.3 is 0 Å². The molecule has 2 spiro atoms. The standard InChI is InChI=1S/C48H78O20/c1-19-27-20(67-48(60)37(19)68-43(4,5)41(48)59)14-45(7)25-9-8-24-42(2,3)26(10-11-46(24)18-47(25,46)13-12-44(27,45)6)64-39-35(32(56)29(53)22(16-50)62-39)66-40-36(33(57)30(54)23(17-51)63-40)65-38-34(58)31(55)28(52)21(15-49)61-38/h19-41,49-60H,8-18H2,1-7H3/t19-,20-,21+,22+,23+,24-,25-,26-,27-,28+,29+,30+,31-,32-,33-,34+,35+,36+,37+,38-,39-,40-,41+,44+,45-,46+,47-,48-/m0/s1. The van der Waals surface area contributed by atoms with Crippen molar-refractivity contribution in [3.63, 3.8) is 0 Å². The Morgan fingerprint density at radius 2 is 1.06 bits per heavy atom. The maximum Gasteiger partial charge on any atom is 0.222 e. The van der Waals surface area contributed by atoms with Crippen LogP contribution in [0, 0.1) is 50.7 Å². The lowest BCUT2D eigenvalue weighted by molar-refractivity contribution is -0.398. The van der Waals surface area contributed by atoms with Crippen molar-refractivity contribution in [1.29, 1.82) is 0 Å². The monoisotopic (exact) mass is 975 g/mol. The Bertz CT molecular complexity index is 1880. The summed E-state index contributed by atoms with van der Waals surface area (Å²) >= 11 is 0. The average Bonchev–Trinajstić information content (AvgIpc) is 3.84. The molecular weight excluding hydrogens is 897 g/mol. The number of aliphatic hydroxyl groups is 12. The molecule has 5 aliphatic heterocycles. The SMILES string of the molecule is C[C@H]1[C@H]2[C@H](C[C@@]3(C)[C@@H]4CC[C@H]5C(C)(C)[C@@H](O[C@@H]6O[C@H](CO)[C@@H](O)[C@H](O)[C@H]6O[C@@H]6O[C@H](CO)[C@@H](O)[C@H](O)[C@H]6O[C@@H]6O[C@H](CO)[C@@H](O)[C@H](O)[C@H]6O)CC[C@@]56C[C@@]46CC[C@]23C)O[C@@]2(O)[C@@H]1OC(C)(C)[C@H]2O. The van der Waals surface area contributed by atoms with Gasteiger partial charge in [-0.05, 0) is 116 Å². The third-order valence-electron chi connectivity index (χ3n) is 20.7. The van der Waals surface area contributed by atoms with Crippen molar-refractivity contribution in [3.05, 3.63) is 0 Å². The zero-order chi connectivity index (χ0) is 49.2. The maximum absolute atomic E-state index is 11.9. The third-order valence-corrected chi connectivity index (χ3v) is 20.7. The molecule has 390 valence electrons. The molecule has 5 saturated carbocycles. The zero-order valence-electron chi connectivity index (χ0n) is 40.2. The summed E-state index contributed by atoms with van der Waals surface area (Å²) in [4.78, 5) is 0. The van der Waals surface area contributed by atoms with E-state index in [1.807, 2.05) is 0 Å². The van der Waals surface area contributed by atoms with E-state index >= 15 is 0 Å². The highest BCUT2D eigenvalue weighted by molar-refractivity contribution is 5.32. The zero-order valence-corrected chi connectivity index (χ0v) is 40.2. The van der Waals surface area contributed by atoms with Gasteiger partial charge in [0, 0.05) is 0 Å². The quantitative estimate of drug-likeness (QED) is 0.113. The fraction of sp³-hybridized carbons (Fsp3) is 1.00. The van der Waals surface area contributed by atoms with Crippen LogP contribution >= 0.6 is 0 Å². The summed E-state index contributed by atoms with van der Waals surface area (Å²) in [5.41, 5.74) is -1.46. The van der Waals surface area contributed by atoms with E-state index in [9.17, 15) is 61.3 Å². The van der Waals surface area contributed by atoms with Crippen molar-refractivity contribution in [2.24, 2.45) is 50.7 Å². The van der Waals surface area contributed by atoms with Gasteiger partial charge in [0.05, 0.1) is 37.6 Å². The molecular formula is C48H78O20. The maximum atomic E-state index is 11.9. The predicted octanol–water partition coefficient (Wildman–Crippen LogP) is -1.87. The second kappa shape index (κ2) is 16.9. The molecule has 5 heterocycles. The van der Waals surface area contributed by atoms with Crippen molar-refractivity contribution in [2.75, 3.05) is 19.8 Å². The van der Waals surface area contributed by atoms with Crippen LogP contribution in [0.1, 0.15) is 99.8 Å². The van der Waals surface area contributed by atoms with Crippen LogP contribution < -0.4 is 0 Å². The van der Waals surface area contributed by atoms with Gasteiger partial charge < -0.3 is 99.2 Å². The summed E-state index contributed by atoms with van der Waals surface area (Å²) in [6.45, 7) is 12.8. The fourth-order valence-electron chi connectivity index (χ4n) is 17.1. The van der Waals surface area contributed by atoms with Crippen LogP contribution in [0.2, 0.25) is 0 Å². The fourth-order valence-corrected chi connectivity index (χ4v) is 17.1. The molecule has 12 N–H and O–H groups in total. The minimum absolute atomic E-state index is 0.0368. The smallest absolute Gasteiger partial charge is 0.222 e. The molecule has 28 atom stereocenters. The van der Waals surface area contributed by atoms with Gasteiger partial charge in [0.1, 0.15) is 85.5 Å². The van der Waals surface area contributed by atoms with Crippen LogP contribution in [-0.4, -0.2) is 209 Å². The molecule has 10 fully saturated rings. The first-order valence-corrected chi connectivity index (χ1v) is 25.1. The largest absolute Gasteiger partial charge is 0.394 e. The van der Waals surface area contributed by atoms with E-state index < -0.39 is 147 Å². The van der Waals surface area contributed by atoms with E-state index in [0.717, 1.165) is 44.9 Å². The summed E-state index contributed by atoms with van der Waals surface area (Å²) in [5, 5.41) is 130. The van der Waals surface area contributed by atoms with Crippen LogP contribution in [0.5, 0.6) is 0 Å². The van der Waals surface area contributed by atoms with Crippen molar-refractivity contribution in [2.45, 2.75) is 228 Å².